The van der Waals surface area contributed by atoms with Crippen molar-refractivity contribution in [2.75, 3.05) is 10.0 Å². The molecule has 0 bridgehead atoms. The zero-order valence-electron chi connectivity index (χ0n) is 14.8. The highest BCUT2D eigenvalue weighted by Crippen LogP contribution is 2.29. The Morgan fingerprint density at radius 1 is 0.966 bits per heavy atom. The smallest absolute Gasteiger partial charge is 0.261 e. The number of hydrogen-bond donors (Lipinski definition) is 2. The molecule has 0 aliphatic carbocycles. The Morgan fingerprint density at radius 2 is 1.69 bits per heavy atom. The van der Waals surface area contributed by atoms with Crippen LogP contribution < -0.4 is 10.0 Å². The third kappa shape index (κ3) is 4.31. The van der Waals surface area contributed by atoms with E-state index in [1.54, 1.807) is 42.5 Å². The van der Waals surface area contributed by atoms with Gasteiger partial charge in [-0.15, -0.1) is 0 Å². The Bertz CT molecular complexity index is 1310. The highest BCUT2D eigenvalue weighted by Gasteiger charge is 2.19. The van der Waals surface area contributed by atoms with E-state index >= 15 is 0 Å². The van der Waals surface area contributed by atoms with Crippen LogP contribution in [-0.2, 0) is 10.0 Å². The number of thiazole rings is 1. The molecule has 6 nitrogen and oxygen atoms in total. The standard InChI is InChI=1S/C20H14BrN3O3S2/c21-13-10-11-17-18(12-13)28-20(22-17)23-19(25)15-8-4-5-9-16(15)24-29(26,27)14-6-2-1-3-7-14/h1-12,24H,(H,22,23,25). The van der Waals surface area contributed by atoms with Crippen molar-refractivity contribution in [1.29, 1.82) is 0 Å². The molecule has 3 aromatic carbocycles. The minimum atomic E-state index is -3.82. The van der Waals surface area contributed by atoms with Gasteiger partial charge in [-0.2, -0.15) is 0 Å². The molecule has 1 heterocycles. The molecule has 4 aromatic rings. The quantitative estimate of drug-likeness (QED) is 0.409. The molecule has 9 heteroatoms. The second-order valence-electron chi connectivity index (χ2n) is 6.05. The molecule has 0 spiro atoms. The number of carbonyl (C=O) groups excluding carboxylic acids is 1. The molecule has 29 heavy (non-hydrogen) atoms. The van der Waals surface area contributed by atoms with E-state index in [9.17, 15) is 13.2 Å². The maximum atomic E-state index is 12.8. The predicted octanol–water partition coefficient (Wildman–Crippen LogP) is 5.11. The third-order valence-electron chi connectivity index (χ3n) is 4.04. The second-order valence-corrected chi connectivity index (χ2v) is 9.68. The number of carbonyl (C=O) groups is 1. The van der Waals surface area contributed by atoms with Gasteiger partial charge in [-0.1, -0.05) is 57.6 Å². The number of nitrogens with zero attached hydrogens (tertiary/aromatic N) is 1. The number of para-hydroxylation sites is 1. The van der Waals surface area contributed by atoms with E-state index in [1.807, 2.05) is 18.2 Å². The normalized spacial score (nSPS) is 11.3. The summed E-state index contributed by atoms with van der Waals surface area (Å²) in [5, 5.41) is 3.19. The number of nitrogens with one attached hydrogen (secondary N) is 2. The van der Waals surface area contributed by atoms with Crippen LogP contribution >= 0.6 is 27.3 Å². The molecule has 0 aliphatic rings. The lowest BCUT2D eigenvalue weighted by Crippen LogP contribution is -2.18. The van der Waals surface area contributed by atoms with Crippen molar-refractivity contribution in [2.24, 2.45) is 0 Å². The maximum Gasteiger partial charge on any atom is 0.261 e. The minimum absolute atomic E-state index is 0.118. The molecule has 0 aliphatic heterocycles. The fraction of sp³-hybridized carbons (Fsp3) is 0. The van der Waals surface area contributed by atoms with Crippen molar-refractivity contribution in [3.8, 4) is 0 Å². The van der Waals surface area contributed by atoms with Crippen molar-refractivity contribution in [2.45, 2.75) is 4.90 Å². The summed E-state index contributed by atoms with van der Waals surface area (Å²) in [7, 11) is -3.82. The number of sulfonamides is 1. The SMILES string of the molecule is O=C(Nc1nc2ccc(Br)cc2s1)c1ccccc1NS(=O)(=O)c1ccccc1. The molecule has 4 rings (SSSR count). The molecule has 0 atom stereocenters. The number of fused-ring (bicyclic) bond motifs is 1. The number of anilines is 2. The van der Waals surface area contributed by atoms with Crippen LogP contribution in [0.3, 0.4) is 0 Å². The molecule has 2 N–H and O–H groups in total. The number of rotatable bonds is 5. The summed E-state index contributed by atoms with van der Waals surface area (Å²) in [6.07, 6.45) is 0. The first-order valence-electron chi connectivity index (χ1n) is 8.47. The largest absolute Gasteiger partial charge is 0.298 e. The highest BCUT2D eigenvalue weighted by atomic mass is 79.9. The van der Waals surface area contributed by atoms with E-state index in [-0.39, 0.29) is 16.1 Å². The van der Waals surface area contributed by atoms with Gasteiger partial charge in [-0.05, 0) is 42.5 Å². The average molecular weight is 488 g/mol. The van der Waals surface area contributed by atoms with Crippen LogP contribution in [0.25, 0.3) is 10.2 Å². The zero-order chi connectivity index (χ0) is 20.4. The van der Waals surface area contributed by atoms with Crippen molar-refractivity contribution in [3.05, 3.63) is 82.8 Å². The van der Waals surface area contributed by atoms with Crippen LogP contribution in [0.4, 0.5) is 10.8 Å². The Labute approximate surface area is 179 Å². The Hall–Kier alpha value is -2.75. The Balaban J connectivity index is 1.61. The van der Waals surface area contributed by atoms with Crippen LogP contribution in [0, 0.1) is 0 Å². The van der Waals surface area contributed by atoms with Crippen molar-refractivity contribution in [1.82, 2.24) is 4.98 Å². The second kappa shape index (κ2) is 7.94. The highest BCUT2D eigenvalue weighted by molar-refractivity contribution is 9.10. The van der Waals surface area contributed by atoms with Gasteiger partial charge in [-0.25, -0.2) is 13.4 Å². The molecule has 0 saturated carbocycles. The molecule has 1 amide bonds. The third-order valence-corrected chi connectivity index (χ3v) is 6.85. The van der Waals surface area contributed by atoms with Crippen LogP contribution in [-0.4, -0.2) is 19.3 Å². The topological polar surface area (TPSA) is 88.2 Å². The molecule has 0 radical (unpaired) electrons. The number of benzene rings is 3. The first-order chi connectivity index (χ1) is 13.9. The van der Waals surface area contributed by atoms with Gasteiger partial charge >= 0.3 is 0 Å². The molecule has 1 aromatic heterocycles. The van der Waals surface area contributed by atoms with Gasteiger partial charge in [-0.3, -0.25) is 14.8 Å². The lowest BCUT2D eigenvalue weighted by Gasteiger charge is -2.12. The number of hydrogen-bond acceptors (Lipinski definition) is 5. The van der Waals surface area contributed by atoms with E-state index in [0.29, 0.717) is 5.13 Å². The van der Waals surface area contributed by atoms with Gasteiger partial charge in [0.15, 0.2) is 5.13 Å². The lowest BCUT2D eigenvalue weighted by molar-refractivity contribution is 0.102. The van der Waals surface area contributed by atoms with Crippen LogP contribution in [0.2, 0.25) is 0 Å². The molecular weight excluding hydrogens is 474 g/mol. The van der Waals surface area contributed by atoms with Crippen LogP contribution in [0.1, 0.15) is 10.4 Å². The zero-order valence-corrected chi connectivity index (χ0v) is 18.0. The van der Waals surface area contributed by atoms with Crippen molar-refractivity contribution < 1.29 is 13.2 Å². The molecule has 0 unspecified atom stereocenters. The summed E-state index contributed by atoms with van der Waals surface area (Å²) in [5.74, 6) is -0.450. The first-order valence-corrected chi connectivity index (χ1v) is 11.6. The predicted molar refractivity (Wildman–Crippen MR) is 119 cm³/mol. The van der Waals surface area contributed by atoms with Crippen molar-refractivity contribution >= 4 is 64.2 Å². The summed E-state index contributed by atoms with van der Waals surface area (Å²) in [5.41, 5.74) is 1.16. The van der Waals surface area contributed by atoms with Gasteiger partial charge in [0.05, 0.1) is 26.4 Å². The summed E-state index contributed by atoms with van der Waals surface area (Å²) < 4.78 is 29.6. The van der Waals surface area contributed by atoms with Gasteiger partial charge in [0.25, 0.3) is 15.9 Å². The fourth-order valence-corrected chi connectivity index (χ4v) is 5.20. The van der Waals surface area contributed by atoms with Gasteiger partial charge in [0, 0.05) is 4.47 Å². The van der Waals surface area contributed by atoms with Crippen LogP contribution in [0.5, 0.6) is 0 Å². The molecular formula is C20H14BrN3O3S2. The van der Waals surface area contributed by atoms with E-state index in [4.69, 9.17) is 0 Å². The van der Waals surface area contributed by atoms with Gasteiger partial charge < -0.3 is 0 Å². The average Bonchev–Trinajstić information content (AvgIpc) is 3.10. The van der Waals surface area contributed by atoms with E-state index < -0.39 is 15.9 Å². The molecule has 0 fully saturated rings. The summed E-state index contributed by atoms with van der Waals surface area (Å²) in [6.45, 7) is 0. The maximum absolute atomic E-state index is 12.8. The fourth-order valence-electron chi connectivity index (χ4n) is 2.69. The Morgan fingerprint density at radius 3 is 2.48 bits per heavy atom. The number of halogens is 1. The van der Waals surface area contributed by atoms with E-state index in [2.05, 4.69) is 31.0 Å². The van der Waals surface area contributed by atoms with E-state index in [1.165, 1.54) is 23.5 Å². The number of aromatic nitrogens is 1. The van der Waals surface area contributed by atoms with Gasteiger partial charge in [0.1, 0.15) is 0 Å². The minimum Gasteiger partial charge on any atom is -0.298 e. The summed E-state index contributed by atoms with van der Waals surface area (Å²) in [4.78, 5) is 17.3. The summed E-state index contributed by atoms with van der Waals surface area (Å²) >= 11 is 4.75. The van der Waals surface area contributed by atoms with Crippen molar-refractivity contribution in [3.63, 3.8) is 0 Å². The van der Waals surface area contributed by atoms with E-state index in [0.717, 1.165) is 14.7 Å². The molecule has 0 saturated heterocycles. The lowest BCUT2D eigenvalue weighted by atomic mass is 10.2. The summed E-state index contributed by atoms with van der Waals surface area (Å²) in [6, 6.07) is 20.1. The first kappa shape index (κ1) is 19.6. The number of amides is 1. The molecule has 146 valence electrons. The van der Waals surface area contributed by atoms with Crippen LogP contribution in [0.15, 0.2) is 82.2 Å². The van der Waals surface area contributed by atoms with Gasteiger partial charge in [0.2, 0.25) is 0 Å². The monoisotopic (exact) mass is 487 g/mol. The Kier molecular flexibility index (Phi) is 5.35.